The maximum Gasteiger partial charge on any atom is 0.362 e. The molecule has 0 bridgehead atoms. The van der Waals surface area contributed by atoms with Gasteiger partial charge in [-0.15, -0.1) is 0 Å². The van der Waals surface area contributed by atoms with Gasteiger partial charge < -0.3 is 24.0 Å². The van der Waals surface area contributed by atoms with Gasteiger partial charge in [-0.1, -0.05) is 0 Å². The summed E-state index contributed by atoms with van der Waals surface area (Å²) in [6, 6.07) is 0. The summed E-state index contributed by atoms with van der Waals surface area (Å²) in [5, 5.41) is 0. The number of nitrogens with two attached hydrogens (primary N) is 3. The van der Waals surface area contributed by atoms with Gasteiger partial charge in [-0.05, 0) is 0 Å². The van der Waals surface area contributed by atoms with Gasteiger partial charge in [0.15, 0.2) is 0 Å². The molecule has 0 unspecified atom stereocenters. The number of hydrazone groups is 1. The third-order valence-electron chi connectivity index (χ3n) is 0.407. The normalized spacial score (nSPS) is 6.43. The molecule has 44 valence electrons. The third kappa shape index (κ3) is 5.80. The second-order valence-electron chi connectivity index (χ2n) is 1.04. The first-order valence-electron chi connectivity index (χ1n) is 1.51. The van der Waals surface area contributed by atoms with Crippen molar-refractivity contribution < 1.29 is 28.7 Å². The molecular weight excluding hydrogens is 207 g/mol. The van der Waals surface area contributed by atoms with E-state index in [1.807, 2.05) is 0 Å². The first kappa shape index (κ1) is 9.93. The Morgan fingerprint density at radius 2 is 1.57 bits per heavy atom. The zero-order chi connectivity index (χ0) is 5.15. The van der Waals surface area contributed by atoms with Crippen LogP contribution in [-0.2, 0) is 0 Å². The molecule has 7 heavy (non-hydrogen) atoms. The van der Waals surface area contributed by atoms with E-state index in [-0.39, 0.29) is 29.9 Å². The molecule has 0 aromatic rings. The van der Waals surface area contributed by atoms with Crippen molar-refractivity contribution in [3.63, 3.8) is 0 Å². The lowest BCUT2D eigenvalue weighted by atomic mass is 11.0. The molecule has 0 aliphatic carbocycles. The molecule has 0 radical (unpaired) electrons. The predicted octanol–water partition coefficient (Wildman–Crippen LogP) is -5.22. The Labute approximate surface area is 59.3 Å². The molecular formula is C2H9IN4. The fourth-order valence-electron chi connectivity index (χ4n) is 0. The van der Waals surface area contributed by atoms with E-state index in [0.29, 0.717) is 0 Å². The van der Waals surface area contributed by atoms with E-state index in [1.165, 1.54) is 0 Å². The zero-order valence-corrected chi connectivity index (χ0v) is 6.21. The summed E-state index contributed by atoms with van der Waals surface area (Å²) in [5.41, 5.74) is 9.86. The third-order valence-corrected chi connectivity index (χ3v) is 0.407. The van der Waals surface area contributed by atoms with E-state index in [4.69, 9.17) is 17.3 Å². The minimum absolute atomic E-state index is 0. The summed E-state index contributed by atoms with van der Waals surface area (Å²) >= 11 is 0. The maximum atomic E-state index is 4.98. The summed E-state index contributed by atoms with van der Waals surface area (Å²) < 4.78 is 1.14. The highest BCUT2D eigenvalue weighted by Gasteiger charge is 1.83. The number of rotatable bonds is 0. The topological polar surface area (TPSA) is 81.1 Å². The van der Waals surface area contributed by atoms with E-state index < -0.39 is 0 Å². The van der Waals surface area contributed by atoms with E-state index in [1.54, 1.807) is 7.05 Å². The van der Waals surface area contributed by atoms with Crippen molar-refractivity contribution in [2.45, 2.75) is 0 Å². The first-order chi connectivity index (χ1) is 2.64. The monoisotopic (exact) mass is 216 g/mol. The van der Waals surface area contributed by atoms with E-state index >= 15 is 0 Å². The molecule has 4 nitrogen and oxygen atoms in total. The summed E-state index contributed by atoms with van der Waals surface area (Å²) in [7, 11) is 1.56. The summed E-state index contributed by atoms with van der Waals surface area (Å²) in [6.07, 6.45) is 0. The number of hydrogen-bond donors (Lipinski definition) is 3. The minimum atomic E-state index is 0. The Balaban J connectivity index is 0. The van der Waals surface area contributed by atoms with E-state index in [9.17, 15) is 0 Å². The molecule has 0 saturated carbocycles. The maximum absolute atomic E-state index is 4.98. The van der Waals surface area contributed by atoms with E-state index in [2.05, 4.69) is 0 Å². The van der Waals surface area contributed by atoms with Crippen molar-refractivity contribution in [2.24, 2.45) is 17.3 Å². The second kappa shape index (κ2) is 3.97. The first-order valence-corrected chi connectivity index (χ1v) is 1.51. The van der Waals surface area contributed by atoms with Crippen molar-refractivity contribution >= 4 is 5.96 Å². The summed E-state index contributed by atoms with van der Waals surface area (Å²) in [6.45, 7) is 0. The molecule has 0 aliphatic heterocycles. The van der Waals surface area contributed by atoms with Crippen LogP contribution >= 0.6 is 0 Å². The fraction of sp³-hybridized carbons (Fsp3) is 0.500. The molecule has 0 aromatic heterocycles. The SMILES string of the molecule is C[N+](N)=C(N)N.[I-]. The molecule has 0 atom stereocenters. The Morgan fingerprint density at radius 1 is 1.43 bits per heavy atom. The van der Waals surface area contributed by atoms with Crippen LogP contribution in [0.4, 0.5) is 0 Å². The van der Waals surface area contributed by atoms with E-state index in [0.717, 1.165) is 4.68 Å². The van der Waals surface area contributed by atoms with Gasteiger partial charge in [-0.2, -0.15) is 4.68 Å². The van der Waals surface area contributed by atoms with Crippen LogP contribution in [0, 0.1) is 0 Å². The quantitative estimate of drug-likeness (QED) is 0.0945. The number of hydrazine groups is 1. The molecule has 0 saturated heterocycles. The lowest BCUT2D eigenvalue weighted by Gasteiger charge is -1.86. The molecule has 0 fully saturated rings. The molecule has 0 heterocycles. The van der Waals surface area contributed by atoms with Gasteiger partial charge in [0, 0.05) is 0 Å². The molecule has 0 aromatic carbocycles. The Kier molecular flexibility index (Phi) is 5.63. The van der Waals surface area contributed by atoms with Crippen LogP contribution in [0.15, 0.2) is 0 Å². The van der Waals surface area contributed by atoms with Crippen LogP contribution in [-0.4, -0.2) is 17.7 Å². The smallest absolute Gasteiger partial charge is 0.362 e. The highest BCUT2D eigenvalue weighted by atomic mass is 127. The van der Waals surface area contributed by atoms with Gasteiger partial charge in [-0.3, -0.25) is 17.3 Å². The lowest BCUT2D eigenvalue weighted by Crippen LogP contribution is -3.00. The van der Waals surface area contributed by atoms with Gasteiger partial charge in [-0.25, -0.2) is 0 Å². The van der Waals surface area contributed by atoms with Crippen molar-refractivity contribution in [3.8, 4) is 0 Å². The van der Waals surface area contributed by atoms with Gasteiger partial charge in [0.2, 0.25) is 0 Å². The Hall–Kier alpha value is -0.200. The lowest BCUT2D eigenvalue weighted by molar-refractivity contribution is -0.510. The van der Waals surface area contributed by atoms with Gasteiger partial charge >= 0.3 is 5.96 Å². The molecule has 0 aliphatic rings. The van der Waals surface area contributed by atoms with Crippen LogP contribution < -0.4 is 41.3 Å². The van der Waals surface area contributed by atoms with Gasteiger partial charge in [0.1, 0.15) is 0 Å². The van der Waals surface area contributed by atoms with Crippen molar-refractivity contribution in [2.75, 3.05) is 7.05 Å². The number of guanidine groups is 1. The van der Waals surface area contributed by atoms with Crippen LogP contribution in [0.25, 0.3) is 0 Å². The second-order valence-corrected chi connectivity index (χ2v) is 1.04. The number of nitrogens with zero attached hydrogens (tertiary/aromatic N) is 1. The number of hydrogen-bond acceptors (Lipinski definition) is 1. The largest absolute Gasteiger partial charge is 1.00 e. The number of halogens is 1. The summed E-state index contributed by atoms with van der Waals surface area (Å²) in [4.78, 5) is 0. The average molecular weight is 216 g/mol. The van der Waals surface area contributed by atoms with Crippen molar-refractivity contribution in [3.05, 3.63) is 0 Å². The van der Waals surface area contributed by atoms with Crippen LogP contribution in [0.3, 0.4) is 0 Å². The minimum Gasteiger partial charge on any atom is -1.00 e. The highest BCUT2D eigenvalue weighted by molar-refractivity contribution is 5.69. The molecule has 0 rings (SSSR count). The molecule has 5 heteroatoms. The Bertz CT molecular complexity index is 59.8. The fourth-order valence-corrected chi connectivity index (χ4v) is 0. The zero-order valence-electron chi connectivity index (χ0n) is 4.06. The predicted molar refractivity (Wildman–Crippen MR) is 23.8 cm³/mol. The average Bonchev–Trinajstić information content (AvgIpc) is 1.36. The van der Waals surface area contributed by atoms with Crippen molar-refractivity contribution in [1.29, 1.82) is 0 Å². The molecule has 6 N–H and O–H groups in total. The van der Waals surface area contributed by atoms with Crippen LogP contribution in [0.2, 0.25) is 0 Å². The van der Waals surface area contributed by atoms with Crippen molar-refractivity contribution in [1.82, 2.24) is 0 Å². The highest BCUT2D eigenvalue weighted by Crippen LogP contribution is 1.36. The summed E-state index contributed by atoms with van der Waals surface area (Å²) in [5.74, 6) is 5.10. The van der Waals surface area contributed by atoms with Gasteiger partial charge in [0.05, 0.1) is 7.05 Å². The standard InChI is InChI=1S/C2H8N4.HI/c1-6(5)2(3)4;/h5H2,1H3,(H3,3,4);1H. The Morgan fingerprint density at radius 3 is 1.57 bits per heavy atom. The van der Waals surface area contributed by atoms with Crippen LogP contribution in [0.5, 0.6) is 0 Å². The molecule has 0 amide bonds. The molecule has 0 spiro atoms. The van der Waals surface area contributed by atoms with Crippen LogP contribution in [0.1, 0.15) is 0 Å². The van der Waals surface area contributed by atoms with Gasteiger partial charge in [0.25, 0.3) is 0 Å².